The number of halogens is 2. The fraction of sp³-hybridized carbons (Fsp3) is 0.381. The van der Waals surface area contributed by atoms with Crippen LogP contribution in [0.4, 0.5) is 14.5 Å². The molecule has 1 amide bonds. The van der Waals surface area contributed by atoms with Gasteiger partial charge in [-0.05, 0) is 49.2 Å². The Kier molecular flexibility index (Phi) is 7.58. The summed E-state index contributed by atoms with van der Waals surface area (Å²) in [4.78, 5) is 12.6. The minimum atomic E-state index is -3.84. The van der Waals surface area contributed by atoms with Crippen LogP contribution in [0.1, 0.15) is 12.8 Å². The van der Waals surface area contributed by atoms with E-state index in [4.69, 9.17) is 9.47 Å². The van der Waals surface area contributed by atoms with Crippen LogP contribution in [0.25, 0.3) is 0 Å². The first-order chi connectivity index (χ1) is 14.8. The second-order valence-corrected chi connectivity index (χ2v) is 9.07. The number of nitrogens with one attached hydrogen (secondary N) is 1. The number of ether oxygens (including phenoxy) is 2. The van der Waals surface area contributed by atoms with Crippen LogP contribution in [-0.4, -0.2) is 52.0 Å². The Bertz CT molecular complexity index is 1010. The van der Waals surface area contributed by atoms with E-state index < -0.39 is 33.5 Å². The highest BCUT2D eigenvalue weighted by atomic mass is 32.2. The summed E-state index contributed by atoms with van der Waals surface area (Å²) in [6, 6.07) is 8.64. The minimum absolute atomic E-state index is 0.00770. The molecule has 10 heteroatoms. The first-order valence-corrected chi connectivity index (χ1v) is 11.2. The molecule has 1 saturated heterocycles. The van der Waals surface area contributed by atoms with Gasteiger partial charge in [-0.2, -0.15) is 4.31 Å². The number of piperidine rings is 1. The van der Waals surface area contributed by atoms with Gasteiger partial charge < -0.3 is 14.8 Å². The molecule has 1 N–H and O–H groups in total. The summed E-state index contributed by atoms with van der Waals surface area (Å²) >= 11 is 0. The van der Waals surface area contributed by atoms with E-state index in [2.05, 4.69) is 5.32 Å². The van der Waals surface area contributed by atoms with Crippen LogP contribution in [-0.2, 0) is 19.6 Å². The van der Waals surface area contributed by atoms with Gasteiger partial charge in [0.25, 0.3) is 0 Å². The molecule has 2 aromatic rings. The van der Waals surface area contributed by atoms with Gasteiger partial charge in [-0.3, -0.25) is 4.79 Å². The zero-order chi connectivity index (χ0) is 22.4. The molecule has 0 spiro atoms. The summed E-state index contributed by atoms with van der Waals surface area (Å²) in [7, 11) is -2.33. The molecule has 2 aromatic carbocycles. The molecular weight excluding hydrogens is 430 g/mol. The summed E-state index contributed by atoms with van der Waals surface area (Å²) in [5.41, 5.74) is 0.250. The number of nitrogens with zero attached hydrogens (tertiary/aromatic N) is 1. The Hall–Kier alpha value is -2.56. The van der Waals surface area contributed by atoms with Gasteiger partial charge in [0.15, 0.2) is 11.6 Å². The number of benzene rings is 2. The zero-order valence-corrected chi connectivity index (χ0v) is 17.8. The maximum absolute atomic E-state index is 14.2. The van der Waals surface area contributed by atoms with Crippen LogP contribution in [0, 0.1) is 17.6 Å². The van der Waals surface area contributed by atoms with Crippen molar-refractivity contribution < 1.29 is 31.5 Å². The number of carbonyl (C=O) groups excluding carboxylic acids is 1. The highest BCUT2D eigenvalue weighted by molar-refractivity contribution is 7.89. The Morgan fingerprint density at radius 2 is 1.90 bits per heavy atom. The van der Waals surface area contributed by atoms with Gasteiger partial charge in [0.1, 0.15) is 12.4 Å². The Labute approximate surface area is 180 Å². The topological polar surface area (TPSA) is 84.9 Å². The fourth-order valence-electron chi connectivity index (χ4n) is 3.31. The molecule has 0 aliphatic carbocycles. The monoisotopic (exact) mass is 454 g/mol. The lowest BCUT2D eigenvalue weighted by atomic mass is 9.98. The molecule has 3 rings (SSSR count). The normalized spacial score (nSPS) is 17.3. The Morgan fingerprint density at radius 1 is 1.16 bits per heavy atom. The van der Waals surface area contributed by atoms with Crippen LogP contribution in [0.3, 0.4) is 0 Å². The summed E-state index contributed by atoms with van der Waals surface area (Å²) in [5.74, 6) is -2.10. The van der Waals surface area contributed by atoms with E-state index in [0.717, 1.165) is 18.2 Å². The third-order valence-corrected chi connectivity index (χ3v) is 6.83. The number of carbonyl (C=O) groups is 1. The van der Waals surface area contributed by atoms with Gasteiger partial charge in [-0.25, -0.2) is 17.2 Å². The first kappa shape index (κ1) is 23.1. The number of hydrogen-bond donors (Lipinski definition) is 1. The number of sulfonamides is 1. The molecule has 168 valence electrons. The lowest BCUT2D eigenvalue weighted by molar-refractivity contribution is -0.120. The van der Waals surface area contributed by atoms with E-state index in [1.54, 1.807) is 0 Å². The van der Waals surface area contributed by atoms with E-state index in [-0.39, 0.29) is 36.0 Å². The fourth-order valence-corrected chi connectivity index (χ4v) is 4.83. The first-order valence-electron chi connectivity index (χ1n) is 9.79. The third kappa shape index (κ3) is 5.78. The smallest absolute Gasteiger partial charge is 0.243 e. The van der Waals surface area contributed by atoms with Crippen molar-refractivity contribution in [2.75, 3.05) is 38.7 Å². The predicted molar refractivity (Wildman–Crippen MR) is 110 cm³/mol. The molecule has 31 heavy (non-hydrogen) atoms. The van der Waals surface area contributed by atoms with E-state index in [1.165, 1.54) is 35.7 Å². The van der Waals surface area contributed by atoms with Gasteiger partial charge >= 0.3 is 0 Å². The number of methoxy groups -OCH3 is 1. The molecule has 1 unspecified atom stereocenters. The summed E-state index contributed by atoms with van der Waals surface area (Å²) < 4.78 is 64.2. The number of rotatable bonds is 8. The molecule has 0 bridgehead atoms. The van der Waals surface area contributed by atoms with E-state index in [9.17, 15) is 22.0 Å². The quantitative estimate of drug-likeness (QED) is 0.620. The SMILES string of the molecule is COCCOc1ccc(NC(=O)C2CCCN(S(=O)(=O)c3ccc(F)cc3)C2)cc1F. The van der Waals surface area contributed by atoms with Crippen LogP contribution >= 0.6 is 0 Å². The highest BCUT2D eigenvalue weighted by Crippen LogP contribution is 2.26. The molecule has 0 saturated carbocycles. The van der Waals surface area contributed by atoms with Crippen molar-refractivity contribution in [3.8, 4) is 5.75 Å². The summed E-state index contributed by atoms with van der Waals surface area (Å²) in [5, 5.41) is 2.64. The van der Waals surface area contributed by atoms with Gasteiger partial charge in [-0.1, -0.05) is 0 Å². The van der Waals surface area contributed by atoms with Crippen LogP contribution < -0.4 is 10.1 Å². The van der Waals surface area contributed by atoms with Gasteiger partial charge in [0.2, 0.25) is 15.9 Å². The van der Waals surface area contributed by atoms with Crippen molar-refractivity contribution >= 4 is 21.6 Å². The maximum Gasteiger partial charge on any atom is 0.243 e. The van der Waals surface area contributed by atoms with E-state index in [0.29, 0.717) is 19.4 Å². The van der Waals surface area contributed by atoms with Crippen LogP contribution in [0.5, 0.6) is 5.75 Å². The molecular formula is C21H24F2N2O5S. The minimum Gasteiger partial charge on any atom is -0.488 e. The van der Waals surface area contributed by atoms with Gasteiger partial charge in [0, 0.05) is 32.0 Å². The van der Waals surface area contributed by atoms with Crippen molar-refractivity contribution in [2.24, 2.45) is 5.92 Å². The maximum atomic E-state index is 14.2. The molecule has 0 aromatic heterocycles. The number of hydrogen-bond acceptors (Lipinski definition) is 5. The largest absolute Gasteiger partial charge is 0.488 e. The summed E-state index contributed by atoms with van der Waals surface area (Å²) in [6.07, 6.45) is 1.00. The third-order valence-electron chi connectivity index (χ3n) is 4.95. The van der Waals surface area contributed by atoms with Gasteiger partial charge in [0.05, 0.1) is 17.4 Å². The lowest BCUT2D eigenvalue weighted by Crippen LogP contribution is -2.43. The predicted octanol–water partition coefficient (Wildman–Crippen LogP) is 3.03. The Balaban J connectivity index is 1.64. The number of anilines is 1. The van der Waals surface area contributed by atoms with Gasteiger partial charge in [-0.15, -0.1) is 0 Å². The Morgan fingerprint density at radius 3 is 2.58 bits per heavy atom. The molecule has 0 radical (unpaired) electrons. The molecule has 7 nitrogen and oxygen atoms in total. The molecule has 1 fully saturated rings. The second-order valence-electron chi connectivity index (χ2n) is 7.13. The average Bonchev–Trinajstić information content (AvgIpc) is 2.76. The molecule has 1 aliphatic rings. The van der Waals surface area contributed by atoms with E-state index >= 15 is 0 Å². The second kappa shape index (κ2) is 10.2. The molecule has 1 atom stereocenters. The van der Waals surface area contributed by atoms with Crippen LogP contribution in [0.15, 0.2) is 47.4 Å². The lowest BCUT2D eigenvalue weighted by Gasteiger charge is -2.31. The summed E-state index contributed by atoms with van der Waals surface area (Å²) in [6.45, 7) is 0.772. The molecule has 1 aliphatic heterocycles. The van der Waals surface area contributed by atoms with Crippen molar-refractivity contribution in [2.45, 2.75) is 17.7 Å². The van der Waals surface area contributed by atoms with E-state index in [1.807, 2.05) is 0 Å². The van der Waals surface area contributed by atoms with Crippen molar-refractivity contribution in [3.05, 3.63) is 54.1 Å². The van der Waals surface area contributed by atoms with Crippen molar-refractivity contribution in [1.82, 2.24) is 4.31 Å². The standard InChI is InChI=1S/C21H24F2N2O5S/c1-29-11-12-30-20-9-6-17(13-19(20)23)24-21(26)15-3-2-10-25(14-15)31(27,28)18-7-4-16(22)5-8-18/h4-9,13,15H,2-3,10-12,14H2,1H3,(H,24,26). The van der Waals surface area contributed by atoms with Crippen molar-refractivity contribution in [3.63, 3.8) is 0 Å². The molecule has 1 heterocycles. The average molecular weight is 454 g/mol. The van der Waals surface area contributed by atoms with Crippen LogP contribution in [0.2, 0.25) is 0 Å². The highest BCUT2D eigenvalue weighted by Gasteiger charge is 2.33. The zero-order valence-electron chi connectivity index (χ0n) is 17.0. The van der Waals surface area contributed by atoms with Crippen molar-refractivity contribution in [1.29, 1.82) is 0 Å². The number of amides is 1.